The second-order valence-electron chi connectivity index (χ2n) is 3.01. The average molecular weight is 331 g/mol. The SMILES string of the molecule is N#CCc1cc(OC(F)(F)F)nc(Br)c1C(F)F. The number of nitrogens with zero attached hydrogens (tertiary/aromatic N) is 2. The zero-order chi connectivity index (χ0) is 13.9. The summed E-state index contributed by atoms with van der Waals surface area (Å²) in [5.41, 5.74) is -0.889. The molecule has 0 aliphatic carbocycles. The molecule has 0 aliphatic rings. The summed E-state index contributed by atoms with van der Waals surface area (Å²) in [4.78, 5) is 3.21. The van der Waals surface area contributed by atoms with Crippen LogP contribution in [0.3, 0.4) is 0 Å². The van der Waals surface area contributed by atoms with Crippen molar-refractivity contribution in [1.29, 1.82) is 5.26 Å². The lowest BCUT2D eigenvalue weighted by atomic mass is 10.1. The van der Waals surface area contributed by atoms with Crippen molar-refractivity contribution in [2.75, 3.05) is 0 Å². The largest absolute Gasteiger partial charge is 0.574 e. The standard InChI is InChI=1S/C9H4BrF5N2O/c10-7-6(8(11)12)4(1-2-16)3-5(17-7)18-9(13,14)15/h3,8H,1H2. The highest BCUT2D eigenvalue weighted by atomic mass is 79.9. The van der Waals surface area contributed by atoms with Crippen LogP contribution in [0.1, 0.15) is 17.6 Å². The molecule has 1 aromatic heterocycles. The van der Waals surface area contributed by atoms with Gasteiger partial charge in [-0.3, -0.25) is 0 Å². The van der Waals surface area contributed by atoms with Gasteiger partial charge in [0, 0.05) is 6.07 Å². The summed E-state index contributed by atoms with van der Waals surface area (Å²) < 4.78 is 64.2. The molecule has 0 radical (unpaired) electrons. The lowest BCUT2D eigenvalue weighted by Gasteiger charge is -2.12. The number of pyridine rings is 1. The second kappa shape index (κ2) is 5.48. The molecule has 3 nitrogen and oxygen atoms in total. The van der Waals surface area contributed by atoms with Gasteiger partial charge in [-0.05, 0) is 21.5 Å². The van der Waals surface area contributed by atoms with Crippen molar-refractivity contribution in [2.45, 2.75) is 19.2 Å². The van der Waals surface area contributed by atoms with Crippen molar-refractivity contribution in [3.05, 3.63) is 21.8 Å². The van der Waals surface area contributed by atoms with Crippen molar-refractivity contribution in [3.63, 3.8) is 0 Å². The van der Waals surface area contributed by atoms with Crippen LogP contribution < -0.4 is 4.74 Å². The molecule has 1 aromatic rings. The Morgan fingerprint density at radius 1 is 1.44 bits per heavy atom. The van der Waals surface area contributed by atoms with Crippen molar-refractivity contribution < 1.29 is 26.7 Å². The predicted octanol–water partition coefficient (Wildman–Crippen LogP) is 3.75. The molecule has 0 amide bonds. The Morgan fingerprint density at radius 3 is 2.50 bits per heavy atom. The number of halogens is 6. The first-order valence-electron chi connectivity index (χ1n) is 4.34. The molecule has 18 heavy (non-hydrogen) atoms. The molecule has 0 spiro atoms. The molecule has 0 N–H and O–H groups in total. The van der Waals surface area contributed by atoms with Gasteiger partial charge in [0.1, 0.15) is 4.60 Å². The molecule has 0 unspecified atom stereocenters. The fraction of sp³-hybridized carbons (Fsp3) is 0.333. The Morgan fingerprint density at radius 2 is 2.06 bits per heavy atom. The minimum Gasteiger partial charge on any atom is -0.388 e. The molecule has 0 bridgehead atoms. The highest BCUT2D eigenvalue weighted by Gasteiger charge is 2.32. The third-order valence-corrected chi connectivity index (χ3v) is 2.39. The summed E-state index contributed by atoms with van der Waals surface area (Å²) in [7, 11) is 0. The lowest BCUT2D eigenvalue weighted by molar-refractivity contribution is -0.276. The van der Waals surface area contributed by atoms with E-state index in [1.54, 1.807) is 6.07 Å². The molecule has 98 valence electrons. The zero-order valence-corrected chi connectivity index (χ0v) is 10.0. The fourth-order valence-electron chi connectivity index (χ4n) is 1.18. The summed E-state index contributed by atoms with van der Waals surface area (Å²) in [5.74, 6) is -0.899. The molecule has 0 saturated carbocycles. The quantitative estimate of drug-likeness (QED) is 0.626. The summed E-state index contributed by atoms with van der Waals surface area (Å²) in [5, 5.41) is 8.45. The van der Waals surface area contributed by atoms with Crippen molar-refractivity contribution in [1.82, 2.24) is 4.98 Å². The Balaban J connectivity index is 3.24. The predicted molar refractivity (Wildman–Crippen MR) is 52.9 cm³/mol. The average Bonchev–Trinajstić information content (AvgIpc) is 2.13. The van der Waals surface area contributed by atoms with E-state index in [0.717, 1.165) is 0 Å². The van der Waals surface area contributed by atoms with Gasteiger partial charge in [-0.1, -0.05) is 0 Å². The van der Waals surface area contributed by atoms with E-state index in [-0.39, 0.29) is 5.56 Å². The number of hydrogen-bond acceptors (Lipinski definition) is 3. The molecule has 9 heteroatoms. The fourth-order valence-corrected chi connectivity index (χ4v) is 1.78. The van der Waals surface area contributed by atoms with Crippen LogP contribution in [0.5, 0.6) is 5.88 Å². The number of nitriles is 1. The van der Waals surface area contributed by atoms with Gasteiger partial charge in [-0.15, -0.1) is 13.2 Å². The molecule has 1 rings (SSSR count). The van der Waals surface area contributed by atoms with Crippen LogP contribution in [0.15, 0.2) is 10.7 Å². The van der Waals surface area contributed by atoms with Gasteiger partial charge in [0.2, 0.25) is 5.88 Å². The van der Waals surface area contributed by atoms with Crippen molar-refractivity contribution >= 4 is 15.9 Å². The lowest BCUT2D eigenvalue weighted by Crippen LogP contribution is -2.18. The molecular formula is C9H4BrF5N2O. The normalized spacial score (nSPS) is 11.4. The summed E-state index contributed by atoms with van der Waals surface area (Å²) in [6.07, 6.45) is -8.42. The minimum absolute atomic E-state index is 0.270. The number of aromatic nitrogens is 1. The van der Waals surface area contributed by atoms with E-state index in [4.69, 9.17) is 5.26 Å². The van der Waals surface area contributed by atoms with Gasteiger partial charge in [-0.2, -0.15) is 5.26 Å². The van der Waals surface area contributed by atoms with Crippen LogP contribution >= 0.6 is 15.9 Å². The van der Waals surface area contributed by atoms with Crippen molar-refractivity contribution in [2.24, 2.45) is 0 Å². The number of ether oxygens (including phenoxy) is 1. The molecular weight excluding hydrogens is 327 g/mol. The van der Waals surface area contributed by atoms with Gasteiger partial charge in [-0.25, -0.2) is 13.8 Å². The third-order valence-electron chi connectivity index (χ3n) is 1.78. The third kappa shape index (κ3) is 3.80. The smallest absolute Gasteiger partial charge is 0.388 e. The first kappa shape index (κ1) is 14.6. The van der Waals surface area contributed by atoms with Gasteiger partial charge < -0.3 is 4.74 Å². The molecule has 0 atom stereocenters. The molecule has 0 aliphatic heterocycles. The van der Waals surface area contributed by atoms with Crippen LogP contribution in [-0.2, 0) is 6.42 Å². The van der Waals surface area contributed by atoms with Crippen LogP contribution in [0.4, 0.5) is 22.0 Å². The van der Waals surface area contributed by atoms with E-state index in [1.807, 2.05) is 0 Å². The van der Waals surface area contributed by atoms with Gasteiger partial charge in [0.25, 0.3) is 6.43 Å². The summed E-state index contributed by atoms with van der Waals surface area (Å²) in [6.45, 7) is 0. The first-order valence-corrected chi connectivity index (χ1v) is 5.14. The Hall–Kier alpha value is -1.43. The van der Waals surface area contributed by atoms with E-state index in [0.29, 0.717) is 6.07 Å². The maximum Gasteiger partial charge on any atom is 0.574 e. The highest BCUT2D eigenvalue weighted by Crippen LogP contribution is 2.33. The number of rotatable bonds is 3. The highest BCUT2D eigenvalue weighted by molar-refractivity contribution is 9.10. The molecule has 0 fully saturated rings. The molecule has 0 aromatic carbocycles. The maximum atomic E-state index is 12.6. The van der Waals surface area contributed by atoms with Crippen LogP contribution in [-0.4, -0.2) is 11.3 Å². The summed E-state index contributed by atoms with van der Waals surface area (Å²) >= 11 is 2.63. The molecule has 1 heterocycles. The Bertz CT molecular complexity index is 483. The number of hydrogen-bond donors (Lipinski definition) is 0. The Kier molecular flexibility index (Phi) is 4.45. The Labute approximate surface area is 106 Å². The van der Waals surface area contributed by atoms with E-state index in [1.165, 1.54) is 0 Å². The summed E-state index contributed by atoms with van der Waals surface area (Å²) in [6, 6.07) is 2.25. The van der Waals surface area contributed by atoms with E-state index in [9.17, 15) is 22.0 Å². The first-order chi connectivity index (χ1) is 8.24. The van der Waals surface area contributed by atoms with Crippen molar-refractivity contribution in [3.8, 4) is 11.9 Å². The zero-order valence-electron chi connectivity index (χ0n) is 8.43. The number of alkyl halides is 5. The second-order valence-corrected chi connectivity index (χ2v) is 3.76. The van der Waals surface area contributed by atoms with Gasteiger partial charge in [0.15, 0.2) is 0 Å². The minimum atomic E-state index is -4.98. The monoisotopic (exact) mass is 330 g/mol. The van der Waals surface area contributed by atoms with Gasteiger partial charge >= 0.3 is 6.36 Å². The van der Waals surface area contributed by atoms with Crippen LogP contribution in [0.25, 0.3) is 0 Å². The van der Waals surface area contributed by atoms with Gasteiger partial charge in [0.05, 0.1) is 18.1 Å². The van der Waals surface area contributed by atoms with Crippen LogP contribution in [0, 0.1) is 11.3 Å². The van der Waals surface area contributed by atoms with Crippen LogP contribution in [0.2, 0.25) is 0 Å². The van der Waals surface area contributed by atoms with E-state index in [2.05, 4.69) is 25.7 Å². The topological polar surface area (TPSA) is 45.9 Å². The molecule has 0 saturated heterocycles. The van der Waals surface area contributed by atoms with E-state index < -0.39 is 35.3 Å². The van der Waals surface area contributed by atoms with E-state index >= 15 is 0 Å². The maximum absolute atomic E-state index is 12.6.